The first-order chi connectivity index (χ1) is 14.7. The minimum Gasteiger partial charge on any atom is -0.326 e. The van der Waals surface area contributed by atoms with E-state index in [4.69, 9.17) is 11.6 Å². The Balaban J connectivity index is 1.43. The van der Waals surface area contributed by atoms with Crippen molar-refractivity contribution in [1.82, 2.24) is 0 Å². The first kappa shape index (κ1) is 21.8. The molecular formula is C23H25ClN2O4S. The van der Waals surface area contributed by atoms with Crippen LogP contribution < -0.4 is 10.2 Å². The predicted molar refractivity (Wildman–Crippen MR) is 121 cm³/mol. The zero-order valence-corrected chi connectivity index (χ0v) is 19.1. The molecule has 2 amide bonds. The molecule has 0 radical (unpaired) electrons. The molecule has 0 saturated heterocycles. The number of nitrogens with zero attached hydrogens (tertiary/aromatic N) is 1. The van der Waals surface area contributed by atoms with Crippen LogP contribution in [0.15, 0.2) is 41.3 Å². The molecule has 0 bridgehead atoms. The Labute approximate surface area is 187 Å². The van der Waals surface area contributed by atoms with Gasteiger partial charge in [-0.05, 0) is 74.6 Å². The van der Waals surface area contributed by atoms with Gasteiger partial charge < -0.3 is 10.2 Å². The van der Waals surface area contributed by atoms with E-state index in [0.29, 0.717) is 17.1 Å². The fourth-order valence-corrected chi connectivity index (χ4v) is 5.37. The molecule has 2 aromatic carbocycles. The highest BCUT2D eigenvalue weighted by atomic mass is 35.5. The molecule has 1 saturated carbocycles. The van der Waals surface area contributed by atoms with Crippen LogP contribution in [0.3, 0.4) is 0 Å². The van der Waals surface area contributed by atoms with Gasteiger partial charge in [0.2, 0.25) is 11.8 Å². The van der Waals surface area contributed by atoms with Gasteiger partial charge in [0.25, 0.3) is 0 Å². The van der Waals surface area contributed by atoms with E-state index >= 15 is 0 Å². The van der Waals surface area contributed by atoms with Gasteiger partial charge >= 0.3 is 0 Å². The number of fused-ring (bicyclic) bond motifs is 1. The molecule has 8 heteroatoms. The van der Waals surface area contributed by atoms with E-state index < -0.39 is 9.84 Å². The van der Waals surface area contributed by atoms with Gasteiger partial charge in [0.15, 0.2) is 9.84 Å². The van der Waals surface area contributed by atoms with Crippen molar-refractivity contribution in [3.05, 3.63) is 52.5 Å². The lowest BCUT2D eigenvalue weighted by Crippen LogP contribution is -2.36. The second-order valence-electron chi connectivity index (χ2n) is 8.41. The first-order valence-electron chi connectivity index (χ1n) is 10.4. The van der Waals surface area contributed by atoms with Gasteiger partial charge in [0, 0.05) is 34.8 Å². The summed E-state index contributed by atoms with van der Waals surface area (Å²) in [5, 5.41) is 3.22. The molecule has 0 spiro atoms. The minimum atomic E-state index is -3.63. The number of hydrogen-bond donors (Lipinski definition) is 1. The van der Waals surface area contributed by atoms with E-state index in [-0.39, 0.29) is 40.8 Å². The summed E-state index contributed by atoms with van der Waals surface area (Å²) in [7, 11) is -3.63. The largest absolute Gasteiger partial charge is 0.326 e. The van der Waals surface area contributed by atoms with E-state index in [1.54, 1.807) is 30.3 Å². The summed E-state index contributed by atoms with van der Waals surface area (Å²) in [5.74, 6) is -0.440. The Hall–Kier alpha value is -2.38. The Morgan fingerprint density at radius 1 is 1.16 bits per heavy atom. The summed E-state index contributed by atoms with van der Waals surface area (Å²) in [6, 6.07) is 10.1. The number of anilines is 2. The van der Waals surface area contributed by atoms with Crippen LogP contribution in [0.2, 0.25) is 5.02 Å². The quantitative estimate of drug-likeness (QED) is 0.702. The van der Waals surface area contributed by atoms with E-state index in [0.717, 1.165) is 29.7 Å². The number of amides is 2. The maximum Gasteiger partial charge on any atom is 0.230 e. The zero-order chi connectivity index (χ0) is 22.3. The average molecular weight is 461 g/mol. The Morgan fingerprint density at radius 3 is 2.58 bits per heavy atom. The van der Waals surface area contributed by atoms with Crippen molar-refractivity contribution in [3.8, 4) is 0 Å². The van der Waals surface area contributed by atoms with Gasteiger partial charge in [-0.15, -0.1) is 0 Å². The fourth-order valence-electron chi connectivity index (χ4n) is 3.90. The Morgan fingerprint density at radius 2 is 1.90 bits per heavy atom. The molecule has 1 aliphatic carbocycles. The molecule has 4 rings (SSSR count). The van der Waals surface area contributed by atoms with Crippen molar-refractivity contribution in [1.29, 1.82) is 0 Å². The standard InChI is InChI=1S/C23H25ClN2O4S/c1-14-3-6-18(13-20(14)24)25-22(27)9-10-31(29,30)19-7-8-21-17(12-19)11-15(2)26(21)23(28)16-4-5-16/h3,6-8,12-13,15-16H,4-5,9-11H2,1-2H3,(H,25,27)/t15-/m1/s1. The van der Waals surface area contributed by atoms with Crippen LogP contribution in [0.25, 0.3) is 0 Å². The van der Waals surface area contributed by atoms with Crippen molar-refractivity contribution in [2.75, 3.05) is 16.0 Å². The molecular weight excluding hydrogens is 436 g/mol. The smallest absolute Gasteiger partial charge is 0.230 e. The van der Waals surface area contributed by atoms with Crippen LogP contribution in [-0.2, 0) is 25.8 Å². The monoisotopic (exact) mass is 460 g/mol. The van der Waals surface area contributed by atoms with Crippen molar-refractivity contribution < 1.29 is 18.0 Å². The molecule has 1 heterocycles. The molecule has 164 valence electrons. The molecule has 0 aromatic heterocycles. The number of carbonyl (C=O) groups is 2. The Kier molecular flexibility index (Phi) is 5.83. The zero-order valence-electron chi connectivity index (χ0n) is 17.5. The molecule has 6 nitrogen and oxygen atoms in total. The molecule has 0 unspecified atom stereocenters. The second kappa shape index (κ2) is 8.28. The lowest BCUT2D eigenvalue weighted by molar-refractivity contribution is -0.120. The number of benzene rings is 2. The van der Waals surface area contributed by atoms with Crippen LogP contribution in [0.5, 0.6) is 0 Å². The number of rotatable bonds is 6. The van der Waals surface area contributed by atoms with Gasteiger partial charge in [-0.1, -0.05) is 17.7 Å². The molecule has 31 heavy (non-hydrogen) atoms. The summed E-state index contributed by atoms with van der Waals surface area (Å²) in [6.07, 6.45) is 2.33. The van der Waals surface area contributed by atoms with Crippen molar-refractivity contribution in [2.45, 2.75) is 50.5 Å². The maximum atomic E-state index is 12.8. The number of halogens is 1. The molecule has 1 aliphatic heterocycles. The van der Waals surface area contributed by atoms with Crippen LogP contribution in [-0.4, -0.2) is 32.0 Å². The van der Waals surface area contributed by atoms with Gasteiger partial charge in [0.1, 0.15) is 0 Å². The van der Waals surface area contributed by atoms with Gasteiger partial charge in [-0.25, -0.2) is 8.42 Å². The summed E-state index contributed by atoms with van der Waals surface area (Å²) in [5.41, 5.74) is 3.09. The van der Waals surface area contributed by atoms with Crippen LogP contribution in [0.1, 0.15) is 37.3 Å². The normalized spacial score (nSPS) is 18.0. The van der Waals surface area contributed by atoms with E-state index in [1.165, 1.54) is 6.07 Å². The summed E-state index contributed by atoms with van der Waals surface area (Å²) >= 11 is 6.06. The van der Waals surface area contributed by atoms with Crippen LogP contribution in [0.4, 0.5) is 11.4 Å². The fraction of sp³-hybridized carbons (Fsp3) is 0.391. The topological polar surface area (TPSA) is 83.6 Å². The number of aryl methyl sites for hydroxylation is 1. The summed E-state index contributed by atoms with van der Waals surface area (Å²) in [6.45, 7) is 3.84. The highest BCUT2D eigenvalue weighted by Crippen LogP contribution is 2.39. The molecule has 1 N–H and O–H groups in total. The van der Waals surface area contributed by atoms with Crippen molar-refractivity contribution >= 4 is 44.6 Å². The van der Waals surface area contributed by atoms with Gasteiger partial charge in [-0.2, -0.15) is 0 Å². The number of carbonyl (C=O) groups excluding carboxylic acids is 2. The first-order valence-corrected chi connectivity index (χ1v) is 12.4. The van der Waals surface area contributed by atoms with Crippen LogP contribution in [0, 0.1) is 12.8 Å². The van der Waals surface area contributed by atoms with Crippen molar-refractivity contribution in [3.63, 3.8) is 0 Å². The average Bonchev–Trinajstić information content (AvgIpc) is 3.51. The number of nitrogens with one attached hydrogen (secondary N) is 1. The Bertz CT molecular complexity index is 1160. The summed E-state index contributed by atoms with van der Waals surface area (Å²) < 4.78 is 25.6. The highest BCUT2D eigenvalue weighted by Gasteiger charge is 2.39. The third kappa shape index (κ3) is 4.62. The second-order valence-corrected chi connectivity index (χ2v) is 10.9. The van der Waals surface area contributed by atoms with E-state index in [2.05, 4.69) is 5.32 Å². The van der Waals surface area contributed by atoms with Gasteiger partial charge in [-0.3, -0.25) is 9.59 Å². The van der Waals surface area contributed by atoms with E-state index in [9.17, 15) is 18.0 Å². The molecule has 1 atom stereocenters. The van der Waals surface area contributed by atoms with Crippen LogP contribution >= 0.6 is 11.6 Å². The maximum absolute atomic E-state index is 12.8. The molecule has 2 aliphatic rings. The SMILES string of the molecule is Cc1ccc(NC(=O)CCS(=O)(=O)c2ccc3c(c2)C[C@@H](C)N3C(=O)C2CC2)cc1Cl. The third-order valence-electron chi connectivity index (χ3n) is 5.84. The summed E-state index contributed by atoms with van der Waals surface area (Å²) in [4.78, 5) is 26.8. The lowest BCUT2D eigenvalue weighted by Gasteiger charge is -2.22. The highest BCUT2D eigenvalue weighted by molar-refractivity contribution is 7.91. The predicted octanol–water partition coefficient (Wildman–Crippen LogP) is 4.14. The molecule has 1 fully saturated rings. The van der Waals surface area contributed by atoms with Gasteiger partial charge in [0.05, 0.1) is 10.6 Å². The minimum absolute atomic E-state index is 0.0214. The van der Waals surface area contributed by atoms with E-state index in [1.807, 2.05) is 18.7 Å². The number of hydrogen-bond acceptors (Lipinski definition) is 4. The third-order valence-corrected chi connectivity index (χ3v) is 7.96. The number of sulfone groups is 1. The lowest BCUT2D eigenvalue weighted by atomic mass is 10.1. The van der Waals surface area contributed by atoms with Crippen molar-refractivity contribution in [2.24, 2.45) is 5.92 Å². The molecule has 2 aromatic rings.